The molecule has 180 valence electrons. The summed E-state index contributed by atoms with van der Waals surface area (Å²) < 4.78 is 35.2. The molecule has 2 aromatic carbocycles. The summed E-state index contributed by atoms with van der Waals surface area (Å²) in [5, 5.41) is 13.8. The summed E-state index contributed by atoms with van der Waals surface area (Å²) in [6.45, 7) is 3.17. The first-order valence-electron chi connectivity index (χ1n) is 10.5. The van der Waals surface area contributed by atoms with E-state index in [-0.39, 0.29) is 23.7 Å². The number of aromatic nitrogens is 4. The van der Waals surface area contributed by atoms with Crippen LogP contribution in [0.4, 0.5) is 20.2 Å². The molecule has 0 radical (unpaired) electrons. The lowest BCUT2D eigenvalue weighted by Crippen LogP contribution is -2.19. The fourth-order valence-electron chi connectivity index (χ4n) is 3.59. The van der Waals surface area contributed by atoms with Crippen LogP contribution in [0.1, 0.15) is 21.7 Å². The molecule has 0 aliphatic rings. The normalized spacial score (nSPS) is 10.8. The van der Waals surface area contributed by atoms with Gasteiger partial charge < -0.3 is 15.4 Å². The van der Waals surface area contributed by atoms with Gasteiger partial charge >= 0.3 is 0 Å². The molecule has 0 unspecified atom stereocenters. The van der Waals surface area contributed by atoms with Crippen molar-refractivity contribution in [2.75, 3.05) is 17.7 Å². The zero-order valence-electron chi connectivity index (χ0n) is 19.2. The third kappa shape index (κ3) is 5.18. The quantitative estimate of drug-likeness (QED) is 0.418. The van der Waals surface area contributed by atoms with E-state index in [0.717, 1.165) is 12.1 Å². The Morgan fingerprint density at radius 3 is 2.46 bits per heavy atom. The molecule has 2 amide bonds. The van der Waals surface area contributed by atoms with Crippen molar-refractivity contribution < 1.29 is 23.1 Å². The zero-order chi connectivity index (χ0) is 25.1. The number of benzene rings is 2. The highest BCUT2D eigenvalue weighted by Gasteiger charge is 2.21. The molecule has 4 aromatic rings. The van der Waals surface area contributed by atoms with Crippen molar-refractivity contribution in [3.63, 3.8) is 0 Å². The third-order valence-corrected chi connectivity index (χ3v) is 5.23. The highest BCUT2D eigenvalue weighted by molar-refractivity contribution is 6.05. The van der Waals surface area contributed by atoms with Crippen LogP contribution >= 0.6 is 0 Å². The molecule has 35 heavy (non-hydrogen) atoms. The molecule has 0 spiro atoms. The van der Waals surface area contributed by atoms with Crippen LogP contribution in [0.5, 0.6) is 5.75 Å². The van der Waals surface area contributed by atoms with E-state index in [2.05, 4.69) is 20.8 Å². The lowest BCUT2D eigenvalue weighted by molar-refractivity contribution is -0.116. The summed E-state index contributed by atoms with van der Waals surface area (Å²) in [6, 6.07) is 10.0. The van der Waals surface area contributed by atoms with Crippen molar-refractivity contribution in [1.82, 2.24) is 19.6 Å². The van der Waals surface area contributed by atoms with Crippen LogP contribution < -0.4 is 15.4 Å². The molecule has 0 aliphatic heterocycles. The van der Waals surface area contributed by atoms with Gasteiger partial charge in [-0.1, -0.05) is 0 Å². The molecule has 0 bridgehead atoms. The molecule has 2 aromatic heterocycles. The van der Waals surface area contributed by atoms with E-state index >= 15 is 0 Å². The van der Waals surface area contributed by atoms with Gasteiger partial charge in [-0.15, -0.1) is 0 Å². The molecule has 9 nitrogen and oxygen atoms in total. The zero-order valence-corrected chi connectivity index (χ0v) is 19.2. The van der Waals surface area contributed by atoms with E-state index in [1.807, 2.05) is 0 Å². The minimum Gasteiger partial charge on any atom is -0.497 e. The van der Waals surface area contributed by atoms with E-state index in [4.69, 9.17) is 4.74 Å². The standard InChI is InChI=1S/C24H22F2N6O3/c1-14-23(15(2)32(30-14)21-9-4-16(25)10-20(21)26)24(34)29-18-11-27-31(12-18)13-22(33)28-17-5-7-19(35-3)8-6-17/h4-12H,13H2,1-3H3,(H,28,33)(H,29,34). The van der Waals surface area contributed by atoms with Gasteiger partial charge in [0.2, 0.25) is 5.91 Å². The fraction of sp³-hybridized carbons (Fsp3) is 0.167. The number of carbonyl (C=O) groups is 2. The van der Waals surface area contributed by atoms with Gasteiger partial charge in [0, 0.05) is 18.0 Å². The van der Waals surface area contributed by atoms with Gasteiger partial charge in [0.15, 0.2) is 5.82 Å². The average Bonchev–Trinajstić information content (AvgIpc) is 3.36. The number of halogens is 2. The summed E-state index contributed by atoms with van der Waals surface area (Å²) in [6.07, 6.45) is 2.92. The first-order chi connectivity index (χ1) is 16.7. The first-order valence-corrected chi connectivity index (χ1v) is 10.5. The monoisotopic (exact) mass is 480 g/mol. The molecule has 11 heteroatoms. The Kier molecular flexibility index (Phi) is 6.58. The first kappa shape index (κ1) is 23.6. The summed E-state index contributed by atoms with van der Waals surface area (Å²) >= 11 is 0. The maximum atomic E-state index is 14.2. The van der Waals surface area contributed by atoms with E-state index < -0.39 is 17.5 Å². The fourth-order valence-corrected chi connectivity index (χ4v) is 3.59. The third-order valence-electron chi connectivity index (χ3n) is 5.23. The van der Waals surface area contributed by atoms with Crippen LogP contribution in [0, 0.1) is 25.5 Å². The van der Waals surface area contributed by atoms with Crippen LogP contribution in [-0.2, 0) is 11.3 Å². The number of aryl methyl sites for hydroxylation is 1. The molecule has 0 aliphatic carbocycles. The molecule has 0 saturated heterocycles. The summed E-state index contributed by atoms with van der Waals surface area (Å²) in [5.41, 5.74) is 2.01. The second-order valence-corrected chi connectivity index (χ2v) is 7.71. The summed E-state index contributed by atoms with van der Waals surface area (Å²) in [7, 11) is 1.56. The summed E-state index contributed by atoms with van der Waals surface area (Å²) in [4.78, 5) is 25.2. The maximum absolute atomic E-state index is 14.2. The van der Waals surface area contributed by atoms with Crippen molar-refractivity contribution in [2.45, 2.75) is 20.4 Å². The number of nitrogens with zero attached hydrogens (tertiary/aromatic N) is 4. The Balaban J connectivity index is 1.43. The van der Waals surface area contributed by atoms with Gasteiger partial charge in [0.05, 0.1) is 35.9 Å². The summed E-state index contributed by atoms with van der Waals surface area (Å²) in [5.74, 6) is -1.60. The van der Waals surface area contributed by atoms with Crippen molar-refractivity contribution in [3.05, 3.63) is 83.4 Å². The molecule has 2 N–H and O–H groups in total. The Bertz CT molecular complexity index is 1400. The Hall–Kier alpha value is -4.54. The topological polar surface area (TPSA) is 103 Å². The van der Waals surface area contributed by atoms with Crippen LogP contribution in [0.25, 0.3) is 5.69 Å². The molecule has 0 saturated carbocycles. The highest BCUT2D eigenvalue weighted by Crippen LogP contribution is 2.22. The molecule has 0 fully saturated rings. The Morgan fingerprint density at radius 2 is 1.77 bits per heavy atom. The van der Waals surface area contributed by atoms with E-state index in [9.17, 15) is 18.4 Å². The number of methoxy groups -OCH3 is 1. The number of nitrogens with one attached hydrogen (secondary N) is 2. The number of hydrogen-bond acceptors (Lipinski definition) is 5. The average molecular weight is 480 g/mol. The lowest BCUT2D eigenvalue weighted by Gasteiger charge is -2.07. The van der Waals surface area contributed by atoms with Gasteiger partial charge in [0.1, 0.15) is 23.8 Å². The minimum atomic E-state index is -0.795. The minimum absolute atomic E-state index is 0.0294. The van der Waals surface area contributed by atoms with Gasteiger partial charge in [0.25, 0.3) is 5.91 Å². The van der Waals surface area contributed by atoms with Gasteiger partial charge in [-0.25, -0.2) is 13.5 Å². The SMILES string of the molecule is COc1ccc(NC(=O)Cn2cc(NC(=O)c3c(C)nn(-c4ccc(F)cc4F)c3C)cn2)cc1. The molecule has 4 rings (SSSR count). The second-order valence-electron chi connectivity index (χ2n) is 7.71. The molecule has 2 heterocycles. The number of hydrogen-bond donors (Lipinski definition) is 2. The predicted octanol–water partition coefficient (Wildman–Crippen LogP) is 3.86. The van der Waals surface area contributed by atoms with Crippen molar-refractivity contribution >= 4 is 23.2 Å². The van der Waals surface area contributed by atoms with E-state index in [0.29, 0.717) is 28.5 Å². The van der Waals surface area contributed by atoms with Crippen molar-refractivity contribution in [1.29, 1.82) is 0 Å². The number of ether oxygens (including phenoxy) is 1. The van der Waals surface area contributed by atoms with E-state index in [1.165, 1.54) is 27.8 Å². The predicted molar refractivity (Wildman–Crippen MR) is 125 cm³/mol. The van der Waals surface area contributed by atoms with Crippen molar-refractivity contribution in [2.24, 2.45) is 0 Å². The molecular weight excluding hydrogens is 458 g/mol. The van der Waals surface area contributed by atoms with E-state index in [1.54, 1.807) is 45.2 Å². The molecule has 0 atom stereocenters. The maximum Gasteiger partial charge on any atom is 0.259 e. The second kappa shape index (κ2) is 9.75. The van der Waals surface area contributed by atoms with Crippen molar-refractivity contribution in [3.8, 4) is 11.4 Å². The number of carbonyl (C=O) groups excluding carboxylic acids is 2. The Labute approximate surface area is 199 Å². The van der Waals surface area contributed by atoms with Gasteiger partial charge in [-0.2, -0.15) is 10.2 Å². The van der Waals surface area contributed by atoms with Crippen LogP contribution in [0.2, 0.25) is 0 Å². The Morgan fingerprint density at radius 1 is 1.03 bits per heavy atom. The number of rotatable bonds is 7. The lowest BCUT2D eigenvalue weighted by atomic mass is 10.2. The molecular formula is C24H22F2N6O3. The number of amides is 2. The number of anilines is 2. The van der Waals surface area contributed by atoms with Crippen LogP contribution in [0.15, 0.2) is 54.9 Å². The smallest absolute Gasteiger partial charge is 0.259 e. The van der Waals surface area contributed by atoms with Crippen LogP contribution in [0.3, 0.4) is 0 Å². The highest BCUT2D eigenvalue weighted by atomic mass is 19.1. The largest absolute Gasteiger partial charge is 0.497 e. The van der Waals surface area contributed by atoms with Crippen LogP contribution in [-0.4, -0.2) is 38.5 Å². The van der Waals surface area contributed by atoms with Gasteiger partial charge in [-0.3, -0.25) is 14.3 Å². The van der Waals surface area contributed by atoms with Gasteiger partial charge in [-0.05, 0) is 50.2 Å².